The zero-order chi connectivity index (χ0) is 10.0. The number of amides is 1. The average Bonchev–Trinajstić information content (AvgIpc) is 2.35. The van der Waals surface area contributed by atoms with Crippen molar-refractivity contribution in [3.05, 3.63) is 20.7 Å². The van der Waals surface area contributed by atoms with E-state index in [2.05, 4.69) is 0 Å². The molecule has 0 bridgehead atoms. The van der Waals surface area contributed by atoms with Crippen molar-refractivity contribution in [3.8, 4) is 0 Å². The first-order chi connectivity index (χ1) is 6.02. The Balaban J connectivity index is 2.85. The molecule has 1 aromatic heterocycles. The normalized spacial score (nSPS) is 12.8. The van der Waals surface area contributed by atoms with Crippen LogP contribution in [0.4, 0.5) is 0 Å². The Morgan fingerprint density at radius 3 is 2.77 bits per heavy atom. The third-order valence-corrected chi connectivity index (χ3v) is 2.60. The summed E-state index contributed by atoms with van der Waals surface area (Å²) in [5.41, 5.74) is 11.2. The monoisotopic (exact) mass is 201 g/mol. The number of nitrogens with zero attached hydrogens (tertiary/aromatic N) is 1. The van der Waals surface area contributed by atoms with Gasteiger partial charge < -0.3 is 16.0 Å². The minimum atomic E-state index is -0.800. The van der Waals surface area contributed by atoms with Gasteiger partial charge in [-0.05, 0) is 6.92 Å². The van der Waals surface area contributed by atoms with Gasteiger partial charge in [0.25, 0.3) is 0 Å². The van der Waals surface area contributed by atoms with Crippen molar-refractivity contribution in [2.45, 2.75) is 19.5 Å². The molecule has 5 nitrogen and oxygen atoms in total. The largest absolute Gasteiger partial charge is 0.368 e. The lowest BCUT2D eigenvalue weighted by atomic mass is 10.3. The van der Waals surface area contributed by atoms with E-state index in [1.165, 1.54) is 4.57 Å². The minimum absolute atomic E-state index is 0.116. The molecule has 0 aromatic carbocycles. The first kappa shape index (κ1) is 9.94. The number of rotatable bonds is 3. The van der Waals surface area contributed by atoms with E-state index in [4.69, 9.17) is 11.5 Å². The summed E-state index contributed by atoms with van der Waals surface area (Å²) in [6, 6.07) is -0.800. The predicted octanol–water partition coefficient (Wildman–Crippen LogP) is -0.969. The number of nitrogens with two attached hydrogens (primary N) is 2. The highest BCUT2D eigenvalue weighted by Crippen LogP contribution is 1.99. The molecule has 0 spiro atoms. The SMILES string of the molecule is Cc1csc(=O)n1CC(N)C(N)=O. The molecule has 0 saturated heterocycles. The quantitative estimate of drug-likeness (QED) is 0.659. The van der Waals surface area contributed by atoms with Gasteiger partial charge in [0.15, 0.2) is 0 Å². The molecule has 4 N–H and O–H groups in total. The maximum atomic E-state index is 11.2. The van der Waals surface area contributed by atoms with Gasteiger partial charge in [-0.25, -0.2) is 0 Å². The summed E-state index contributed by atoms with van der Waals surface area (Å²) < 4.78 is 1.44. The molecule has 0 aliphatic rings. The lowest BCUT2D eigenvalue weighted by Gasteiger charge is -2.08. The van der Waals surface area contributed by atoms with Crippen molar-refractivity contribution in [2.75, 3.05) is 0 Å². The number of primary amides is 1. The Kier molecular flexibility index (Phi) is 2.84. The summed E-state index contributed by atoms with van der Waals surface area (Å²) in [5.74, 6) is -0.600. The number of carbonyl (C=O) groups is 1. The molecule has 0 fully saturated rings. The van der Waals surface area contributed by atoms with Crippen LogP contribution in [0, 0.1) is 6.92 Å². The standard InChI is InChI=1S/C7H11N3O2S/c1-4-3-13-7(12)10(4)2-5(8)6(9)11/h3,5H,2,8H2,1H3,(H2,9,11). The predicted molar refractivity (Wildman–Crippen MR) is 50.5 cm³/mol. The van der Waals surface area contributed by atoms with Gasteiger partial charge in [-0.3, -0.25) is 9.59 Å². The minimum Gasteiger partial charge on any atom is -0.368 e. The summed E-state index contributed by atoms with van der Waals surface area (Å²) in [4.78, 5) is 21.7. The Morgan fingerprint density at radius 1 is 1.77 bits per heavy atom. The molecule has 1 unspecified atom stereocenters. The molecule has 1 heterocycles. The van der Waals surface area contributed by atoms with Crippen LogP contribution in [-0.4, -0.2) is 16.5 Å². The molecule has 0 radical (unpaired) electrons. The molecule has 1 atom stereocenters. The molecule has 0 saturated carbocycles. The third-order valence-electron chi connectivity index (χ3n) is 1.72. The number of hydrogen-bond donors (Lipinski definition) is 2. The fourth-order valence-electron chi connectivity index (χ4n) is 0.912. The van der Waals surface area contributed by atoms with Gasteiger partial charge in [-0.15, -0.1) is 0 Å². The Labute approximate surface area is 79.0 Å². The molecule has 0 aliphatic heterocycles. The van der Waals surface area contributed by atoms with Crippen molar-refractivity contribution >= 4 is 17.2 Å². The van der Waals surface area contributed by atoms with Crippen LogP contribution in [0.3, 0.4) is 0 Å². The Hall–Kier alpha value is -1.14. The molecule has 72 valence electrons. The van der Waals surface area contributed by atoms with Gasteiger partial charge in [-0.1, -0.05) is 11.3 Å². The van der Waals surface area contributed by atoms with E-state index < -0.39 is 11.9 Å². The maximum absolute atomic E-state index is 11.2. The van der Waals surface area contributed by atoms with Crippen LogP contribution in [0.15, 0.2) is 10.2 Å². The maximum Gasteiger partial charge on any atom is 0.307 e. The number of aryl methyl sites for hydroxylation is 1. The second-order valence-electron chi connectivity index (χ2n) is 2.76. The summed E-state index contributed by atoms with van der Waals surface area (Å²) in [5, 5.41) is 1.72. The lowest BCUT2D eigenvalue weighted by molar-refractivity contribution is -0.119. The van der Waals surface area contributed by atoms with Crippen LogP contribution in [0.1, 0.15) is 5.69 Å². The van der Waals surface area contributed by atoms with Crippen LogP contribution in [0.25, 0.3) is 0 Å². The number of thiazole rings is 1. The van der Waals surface area contributed by atoms with Gasteiger partial charge in [-0.2, -0.15) is 0 Å². The highest BCUT2D eigenvalue weighted by molar-refractivity contribution is 7.07. The van der Waals surface area contributed by atoms with Crippen molar-refractivity contribution in [3.63, 3.8) is 0 Å². The van der Waals surface area contributed by atoms with E-state index in [1.54, 1.807) is 12.3 Å². The lowest BCUT2D eigenvalue weighted by Crippen LogP contribution is -2.41. The highest BCUT2D eigenvalue weighted by atomic mass is 32.1. The molecule has 13 heavy (non-hydrogen) atoms. The van der Waals surface area contributed by atoms with Crippen molar-refractivity contribution < 1.29 is 4.79 Å². The smallest absolute Gasteiger partial charge is 0.307 e. The summed E-state index contributed by atoms with van der Waals surface area (Å²) in [6.07, 6.45) is 0. The van der Waals surface area contributed by atoms with Crippen LogP contribution in [0.5, 0.6) is 0 Å². The number of hydrogen-bond acceptors (Lipinski definition) is 4. The molecule has 0 aliphatic carbocycles. The second kappa shape index (κ2) is 3.71. The van der Waals surface area contributed by atoms with Gasteiger partial charge in [0.2, 0.25) is 5.91 Å². The van der Waals surface area contributed by atoms with Gasteiger partial charge in [0, 0.05) is 11.1 Å². The fraction of sp³-hybridized carbons (Fsp3) is 0.429. The average molecular weight is 201 g/mol. The van der Waals surface area contributed by atoms with Crippen LogP contribution < -0.4 is 16.3 Å². The van der Waals surface area contributed by atoms with Crippen LogP contribution >= 0.6 is 11.3 Å². The number of aromatic nitrogens is 1. The van der Waals surface area contributed by atoms with E-state index in [-0.39, 0.29) is 11.4 Å². The molecular formula is C7H11N3O2S. The number of carbonyl (C=O) groups excluding carboxylic acids is 1. The van der Waals surface area contributed by atoms with Crippen LogP contribution in [0.2, 0.25) is 0 Å². The van der Waals surface area contributed by atoms with Crippen molar-refractivity contribution in [2.24, 2.45) is 11.5 Å². The molecule has 1 amide bonds. The highest BCUT2D eigenvalue weighted by Gasteiger charge is 2.12. The zero-order valence-electron chi connectivity index (χ0n) is 7.19. The van der Waals surface area contributed by atoms with Crippen molar-refractivity contribution in [1.29, 1.82) is 0 Å². The third kappa shape index (κ3) is 2.16. The summed E-state index contributed by atoms with van der Waals surface area (Å²) >= 11 is 1.08. The van der Waals surface area contributed by atoms with E-state index in [1.807, 2.05) is 0 Å². The van der Waals surface area contributed by atoms with Gasteiger partial charge in [0.05, 0.1) is 6.54 Å². The molecule has 1 aromatic rings. The first-order valence-electron chi connectivity index (χ1n) is 3.72. The molecular weight excluding hydrogens is 190 g/mol. The zero-order valence-corrected chi connectivity index (χ0v) is 8.00. The Morgan fingerprint density at radius 2 is 2.38 bits per heavy atom. The van der Waals surface area contributed by atoms with Gasteiger partial charge in [0.1, 0.15) is 6.04 Å². The van der Waals surface area contributed by atoms with E-state index >= 15 is 0 Å². The van der Waals surface area contributed by atoms with E-state index in [0.29, 0.717) is 0 Å². The van der Waals surface area contributed by atoms with E-state index in [0.717, 1.165) is 17.0 Å². The van der Waals surface area contributed by atoms with Crippen LogP contribution in [-0.2, 0) is 11.3 Å². The summed E-state index contributed by atoms with van der Waals surface area (Å²) in [7, 11) is 0. The topological polar surface area (TPSA) is 91.1 Å². The van der Waals surface area contributed by atoms with Gasteiger partial charge >= 0.3 is 4.87 Å². The first-order valence-corrected chi connectivity index (χ1v) is 4.60. The summed E-state index contributed by atoms with van der Waals surface area (Å²) in [6.45, 7) is 1.94. The van der Waals surface area contributed by atoms with E-state index in [9.17, 15) is 9.59 Å². The molecule has 1 rings (SSSR count). The van der Waals surface area contributed by atoms with Crippen molar-refractivity contribution in [1.82, 2.24) is 4.57 Å². The fourth-order valence-corrected chi connectivity index (χ4v) is 1.66. The second-order valence-corrected chi connectivity index (χ2v) is 3.58. The molecule has 6 heteroatoms. The Bertz CT molecular complexity index is 368.